The highest BCUT2D eigenvalue weighted by atomic mass is 35.5. The molecule has 0 bridgehead atoms. The zero-order valence-electron chi connectivity index (χ0n) is 17.2. The lowest BCUT2D eigenvalue weighted by Gasteiger charge is -2.19. The van der Waals surface area contributed by atoms with E-state index in [0.29, 0.717) is 11.1 Å². The molecular weight excluding hydrogens is 519 g/mol. The molecule has 4 rings (SSSR count). The lowest BCUT2D eigenvalue weighted by molar-refractivity contribution is 0.480. The van der Waals surface area contributed by atoms with Crippen molar-refractivity contribution in [2.24, 2.45) is 0 Å². The molecule has 2 N–H and O–H groups in total. The molecule has 0 radical (unpaired) electrons. The third-order valence-electron chi connectivity index (χ3n) is 5.14. The van der Waals surface area contributed by atoms with E-state index in [-0.39, 0.29) is 32.3 Å². The van der Waals surface area contributed by atoms with Crippen molar-refractivity contribution in [2.45, 2.75) is 9.79 Å². The van der Waals surface area contributed by atoms with Crippen molar-refractivity contribution in [2.75, 3.05) is 0 Å². The third kappa shape index (κ3) is 4.61. The van der Waals surface area contributed by atoms with Crippen LogP contribution < -0.4 is 0 Å². The molecule has 6 nitrogen and oxygen atoms in total. The first-order valence-electron chi connectivity index (χ1n) is 9.71. The number of hydrogen-bond donors (Lipinski definition) is 2. The Kier molecular flexibility index (Phi) is 6.56. The number of halogens is 2. The van der Waals surface area contributed by atoms with Gasteiger partial charge in [0.15, 0.2) is 0 Å². The van der Waals surface area contributed by atoms with Crippen LogP contribution in [0.3, 0.4) is 0 Å². The van der Waals surface area contributed by atoms with Gasteiger partial charge in [0.1, 0.15) is 9.79 Å². The lowest BCUT2D eigenvalue weighted by atomic mass is 9.95. The van der Waals surface area contributed by atoms with Gasteiger partial charge in [-0.15, -0.1) is 0 Å². The van der Waals surface area contributed by atoms with Gasteiger partial charge in [0.05, 0.1) is 0 Å². The van der Waals surface area contributed by atoms with Gasteiger partial charge in [-0.1, -0.05) is 96.0 Å². The molecule has 4 aromatic rings. The summed E-state index contributed by atoms with van der Waals surface area (Å²) >= 11 is 12.7. The first-order chi connectivity index (χ1) is 16.0. The predicted molar refractivity (Wildman–Crippen MR) is 132 cm³/mol. The molecule has 4 aromatic carbocycles. The average Bonchev–Trinajstić information content (AvgIpc) is 2.78. The molecule has 0 unspecified atom stereocenters. The van der Waals surface area contributed by atoms with Crippen LogP contribution in [0.1, 0.15) is 0 Å². The van der Waals surface area contributed by atoms with Crippen LogP contribution in [-0.2, 0) is 20.2 Å². The molecule has 0 aliphatic rings. The van der Waals surface area contributed by atoms with Gasteiger partial charge in [-0.3, -0.25) is 9.11 Å². The molecule has 10 heteroatoms. The van der Waals surface area contributed by atoms with Crippen LogP contribution in [0, 0.1) is 0 Å². The molecule has 0 saturated carbocycles. The van der Waals surface area contributed by atoms with E-state index in [0.717, 1.165) is 0 Å². The normalized spacial score (nSPS) is 12.0. The topological polar surface area (TPSA) is 109 Å². The van der Waals surface area contributed by atoms with E-state index in [1.54, 1.807) is 60.7 Å². The van der Waals surface area contributed by atoms with Crippen LogP contribution >= 0.6 is 23.2 Å². The Balaban J connectivity index is 2.20. The number of hydrogen-bond acceptors (Lipinski definition) is 4. The molecule has 0 spiro atoms. The predicted octanol–water partition coefficient (Wildman–Crippen LogP) is 6.49. The van der Waals surface area contributed by atoms with Gasteiger partial charge in [0.25, 0.3) is 20.2 Å². The van der Waals surface area contributed by atoms with E-state index in [4.69, 9.17) is 23.2 Å². The molecule has 0 heterocycles. The largest absolute Gasteiger partial charge is 0.295 e. The maximum atomic E-state index is 12.6. The van der Waals surface area contributed by atoms with E-state index in [2.05, 4.69) is 0 Å². The summed E-state index contributed by atoms with van der Waals surface area (Å²) in [4.78, 5) is -1.20. The van der Waals surface area contributed by atoms with E-state index < -0.39 is 30.0 Å². The lowest BCUT2D eigenvalue weighted by Crippen LogP contribution is -2.08. The van der Waals surface area contributed by atoms with Crippen molar-refractivity contribution in [3.63, 3.8) is 0 Å². The van der Waals surface area contributed by atoms with E-state index >= 15 is 0 Å². The molecular formula is C24H16Cl2O6S2. The van der Waals surface area contributed by atoms with Crippen LogP contribution in [0.4, 0.5) is 0 Å². The summed E-state index contributed by atoms with van der Waals surface area (Å²) in [5, 5.41) is 0.0430. The summed E-state index contributed by atoms with van der Waals surface area (Å²) in [6.07, 6.45) is 0. The van der Waals surface area contributed by atoms with Crippen LogP contribution in [0.15, 0.2) is 94.7 Å². The zero-order valence-corrected chi connectivity index (χ0v) is 20.3. The molecule has 0 aliphatic carbocycles. The summed E-state index contributed by atoms with van der Waals surface area (Å²) in [5.41, 5.74) is 0.388. The fourth-order valence-electron chi connectivity index (χ4n) is 3.82. The Morgan fingerprint density at radius 2 is 0.824 bits per heavy atom. The van der Waals surface area contributed by atoms with Gasteiger partial charge >= 0.3 is 0 Å². The zero-order chi connectivity index (χ0) is 24.7. The van der Waals surface area contributed by atoms with E-state index in [9.17, 15) is 25.9 Å². The smallest absolute Gasteiger partial charge is 0.282 e. The van der Waals surface area contributed by atoms with Crippen molar-refractivity contribution in [3.05, 3.63) is 95.0 Å². The average molecular weight is 535 g/mol. The van der Waals surface area contributed by atoms with Crippen molar-refractivity contribution in [1.29, 1.82) is 0 Å². The summed E-state index contributed by atoms with van der Waals surface area (Å²) < 4.78 is 70.9. The second-order valence-electron chi connectivity index (χ2n) is 7.28. The van der Waals surface area contributed by atoms with Gasteiger partial charge in [-0.25, -0.2) is 0 Å². The van der Waals surface area contributed by atoms with Crippen molar-refractivity contribution in [1.82, 2.24) is 0 Å². The van der Waals surface area contributed by atoms with Crippen molar-refractivity contribution < 1.29 is 25.9 Å². The standard InChI is InChI=1S/C24H16Cl2O6S2/c25-19-13-11-17(23(33(27,28)29)21(19)15-7-3-1-4-8-15)18-12-14-20(26)22(24(18)34(30,31)32)16-9-5-2-6-10-16/h1-14H,(H,27,28,29)(H,30,31,32). The summed E-state index contributed by atoms with van der Waals surface area (Å²) in [6.45, 7) is 0. The Morgan fingerprint density at radius 1 is 0.500 bits per heavy atom. The molecule has 174 valence electrons. The highest BCUT2D eigenvalue weighted by Crippen LogP contribution is 2.45. The quantitative estimate of drug-likeness (QED) is 0.283. The van der Waals surface area contributed by atoms with Crippen molar-refractivity contribution >= 4 is 43.4 Å². The first kappa shape index (κ1) is 24.4. The number of benzene rings is 4. The van der Waals surface area contributed by atoms with Gasteiger partial charge < -0.3 is 0 Å². The molecule has 0 aliphatic heterocycles. The maximum absolute atomic E-state index is 12.6. The Morgan fingerprint density at radius 3 is 1.12 bits per heavy atom. The highest BCUT2D eigenvalue weighted by molar-refractivity contribution is 7.86. The highest BCUT2D eigenvalue weighted by Gasteiger charge is 2.30. The Labute approximate surface area is 206 Å². The van der Waals surface area contributed by atoms with Gasteiger partial charge in [-0.2, -0.15) is 16.8 Å². The minimum Gasteiger partial charge on any atom is -0.282 e. The SMILES string of the molecule is O=S(=O)(O)c1c(-c2ccc(Cl)c(-c3ccccc3)c2S(=O)(=O)O)ccc(Cl)c1-c1ccccc1. The minimum absolute atomic E-state index is 0.0141. The maximum Gasteiger partial charge on any atom is 0.295 e. The second kappa shape index (κ2) is 9.14. The molecule has 34 heavy (non-hydrogen) atoms. The first-order valence-corrected chi connectivity index (χ1v) is 13.3. The van der Waals surface area contributed by atoms with Crippen LogP contribution in [0.25, 0.3) is 33.4 Å². The van der Waals surface area contributed by atoms with E-state index in [1.807, 2.05) is 0 Å². The summed E-state index contributed by atoms with van der Waals surface area (Å²) in [6, 6.07) is 21.8. The Bertz CT molecular complexity index is 1480. The molecule has 0 atom stereocenters. The molecule has 0 saturated heterocycles. The van der Waals surface area contributed by atoms with Gasteiger partial charge in [0.2, 0.25) is 0 Å². The van der Waals surface area contributed by atoms with Crippen molar-refractivity contribution in [3.8, 4) is 33.4 Å². The summed E-state index contributed by atoms with van der Waals surface area (Å²) in [5.74, 6) is 0. The molecule has 0 fully saturated rings. The third-order valence-corrected chi connectivity index (χ3v) is 7.65. The van der Waals surface area contributed by atoms with E-state index in [1.165, 1.54) is 24.3 Å². The monoisotopic (exact) mass is 534 g/mol. The summed E-state index contributed by atoms with van der Waals surface area (Å²) in [7, 11) is -9.85. The van der Waals surface area contributed by atoms with Crippen LogP contribution in [0.2, 0.25) is 10.0 Å². The van der Waals surface area contributed by atoms with Crippen LogP contribution in [0.5, 0.6) is 0 Å². The fourth-order valence-corrected chi connectivity index (χ4v) is 6.35. The van der Waals surface area contributed by atoms with Crippen LogP contribution in [-0.4, -0.2) is 25.9 Å². The second-order valence-corrected chi connectivity index (χ2v) is 10.8. The Hall–Kier alpha value is -2.72. The van der Waals surface area contributed by atoms with Gasteiger partial charge in [0, 0.05) is 32.3 Å². The molecule has 0 amide bonds. The fraction of sp³-hybridized carbons (Fsp3) is 0. The number of rotatable bonds is 5. The van der Waals surface area contributed by atoms with Gasteiger partial charge in [-0.05, 0) is 23.3 Å². The minimum atomic E-state index is -4.93. The molecule has 0 aromatic heterocycles.